The van der Waals surface area contributed by atoms with E-state index in [1.807, 2.05) is 0 Å². The molecule has 0 aliphatic carbocycles. The van der Waals surface area contributed by atoms with Crippen LogP contribution >= 0.6 is 0 Å². The molecule has 2 aromatic carbocycles. The summed E-state index contributed by atoms with van der Waals surface area (Å²) < 4.78 is 18.1. The van der Waals surface area contributed by atoms with Gasteiger partial charge in [0.15, 0.2) is 0 Å². The monoisotopic (exact) mass is 290 g/mol. The summed E-state index contributed by atoms with van der Waals surface area (Å²) in [5, 5.41) is 18.5. The Morgan fingerprint density at radius 2 is 1.62 bits per heavy atom. The maximum atomic E-state index is 13.6. The lowest BCUT2D eigenvalue weighted by atomic mass is 10.0. The van der Waals surface area contributed by atoms with Gasteiger partial charge in [-0.2, -0.15) is 0 Å². The van der Waals surface area contributed by atoms with Crippen LogP contribution in [0.4, 0.5) is 4.39 Å². The SMILES string of the molecule is COC(=O)c1cc(F)cc(-c2cc(O)cc(C(=O)O)c2)c1. The minimum atomic E-state index is -1.23. The quantitative estimate of drug-likeness (QED) is 0.849. The second-order valence-electron chi connectivity index (χ2n) is 4.29. The van der Waals surface area contributed by atoms with Crippen molar-refractivity contribution in [1.29, 1.82) is 0 Å². The summed E-state index contributed by atoms with van der Waals surface area (Å²) in [4.78, 5) is 22.4. The zero-order chi connectivity index (χ0) is 15.6. The van der Waals surface area contributed by atoms with Crippen LogP contribution < -0.4 is 0 Å². The Hall–Kier alpha value is -2.89. The van der Waals surface area contributed by atoms with Crippen molar-refractivity contribution in [3.05, 3.63) is 53.3 Å². The van der Waals surface area contributed by atoms with E-state index in [0.29, 0.717) is 0 Å². The molecule has 0 heterocycles. The Morgan fingerprint density at radius 1 is 1.00 bits per heavy atom. The van der Waals surface area contributed by atoms with Crippen molar-refractivity contribution in [2.75, 3.05) is 7.11 Å². The van der Waals surface area contributed by atoms with Gasteiger partial charge in [-0.25, -0.2) is 14.0 Å². The van der Waals surface area contributed by atoms with Crippen molar-refractivity contribution in [3.63, 3.8) is 0 Å². The molecule has 0 aliphatic rings. The van der Waals surface area contributed by atoms with Crippen molar-refractivity contribution in [2.45, 2.75) is 0 Å². The van der Waals surface area contributed by atoms with E-state index in [4.69, 9.17) is 5.11 Å². The van der Waals surface area contributed by atoms with Gasteiger partial charge in [0.05, 0.1) is 18.2 Å². The number of methoxy groups -OCH3 is 1. The average Bonchev–Trinajstić information content (AvgIpc) is 2.45. The molecule has 0 aliphatic heterocycles. The number of esters is 1. The van der Waals surface area contributed by atoms with E-state index in [1.165, 1.54) is 25.3 Å². The summed E-state index contributed by atoms with van der Waals surface area (Å²) in [5.41, 5.74) is 0.382. The van der Waals surface area contributed by atoms with Crippen molar-refractivity contribution in [2.24, 2.45) is 0 Å². The number of carboxylic acids is 1. The van der Waals surface area contributed by atoms with Gasteiger partial charge in [0.1, 0.15) is 11.6 Å². The van der Waals surface area contributed by atoms with Crippen molar-refractivity contribution in [3.8, 4) is 16.9 Å². The first-order valence-corrected chi connectivity index (χ1v) is 5.87. The number of aromatic carboxylic acids is 1. The number of rotatable bonds is 3. The highest BCUT2D eigenvalue weighted by atomic mass is 19.1. The summed E-state index contributed by atoms with van der Waals surface area (Å²) in [5.74, 6) is -2.88. The van der Waals surface area contributed by atoms with E-state index < -0.39 is 17.8 Å². The van der Waals surface area contributed by atoms with Crippen LogP contribution in [-0.2, 0) is 4.74 Å². The molecular weight excluding hydrogens is 279 g/mol. The maximum absolute atomic E-state index is 13.6. The first kappa shape index (κ1) is 14.5. The zero-order valence-electron chi connectivity index (χ0n) is 11.0. The number of phenols is 1. The van der Waals surface area contributed by atoms with Crippen molar-refractivity contribution < 1.29 is 28.9 Å². The lowest BCUT2D eigenvalue weighted by Crippen LogP contribution is -2.02. The van der Waals surface area contributed by atoms with Gasteiger partial charge in [-0.15, -0.1) is 0 Å². The molecule has 0 spiro atoms. The zero-order valence-corrected chi connectivity index (χ0v) is 11.0. The molecule has 108 valence electrons. The van der Waals surface area contributed by atoms with E-state index in [-0.39, 0.29) is 28.0 Å². The largest absolute Gasteiger partial charge is 0.508 e. The smallest absolute Gasteiger partial charge is 0.337 e. The van der Waals surface area contributed by atoms with Gasteiger partial charge in [-0.1, -0.05) is 0 Å². The van der Waals surface area contributed by atoms with Gasteiger partial charge in [-0.05, 0) is 47.5 Å². The summed E-state index contributed by atoms with van der Waals surface area (Å²) >= 11 is 0. The molecule has 0 saturated heterocycles. The van der Waals surface area contributed by atoms with Crippen LogP contribution in [0.5, 0.6) is 5.75 Å². The van der Waals surface area contributed by atoms with Crippen LogP contribution in [0.25, 0.3) is 11.1 Å². The first-order chi connectivity index (χ1) is 9.90. The molecule has 0 aromatic heterocycles. The van der Waals surface area contributed by atoms with Crippen LogP contribution in [0.1, 0.15) is 20.7 Å². The Labute approximate surface area is 119 Å². The van der Waals surface area contributed by atoms with Gasteiger partial charge < -0.3 is 14.9 Å². The molecule has 2 N–H and O–H groups in total. The molecule has 6 heteroatoms. The van der Waals surface area contributed by atoms with Crippen LogP contribution in [0.2, 0.25) is 0 Å². The maximum Gasteiger partial charge on any atom is 0.337 e. The molecule has 0 radical (unpaired) electrons. The number of hydrogen-bond acceptors (Lipinski definition) is 4. The van der Waals surface area contributed by atoms with Crippen LogP contribution in [0.15, 0.2) is 36.4 Å². The van der Waals surface area contributed by atoms with Gasteiger partial charge in [0.25, 0.3) is 0 Å². The minimum absolute atomic E-state index is 0.00674. The second-order valence-corrected chi connectivity index (χ2v) is 4.29. The predicted molar refractivity (Wildman–Crippen MR) is 71.8 cm³/mol. The normalized spacial score (nSPS) is 10.2. The van der Waals surface area contributed by atoms with Gasteiger partial charge in [-0.3, -0.25) is 0 Å². The number of aromatic hydroxyl groups is 1. The third-order valence-electron chi connectivity index (χ3n) is 2.82. The fourth-order valence-corrected chi connectivity index (χ4v) is 1.89. The number of hydrogen-bond donors (Lipinski definition) is 2. The van der Waals surface area contributed by atoms with Crippen LogP contribution in [0, 0.1) is 5.82 Å². The Kier molecular flexibility index (Phi) is 3.89. The molecule has 0 amide bonds. The second kappa shape index (κ2) is 5.62. The summed E-state index contributed by atoms with van der Waals surface area (Å²) in [6.07, 6.45) is 0. The van der Waals surface area contributed by atoms with E-state index in [2.05, 4.69) is 4.74 Å². The van der Waals surface area contributed by atoms with E-state index >= 15 is 0 Å². The van der Waals surface area contributed by atoms with E-state index in [1.54, 1.807) is 0 Å². The number of carbonyl (C=O) groups is 2. The Morgan fingerprint density at radius 3 is 2.24 bits per heavy atom. The highest BCUT2D eigenvalue weighted by Crippen LogP contribution is 2.27. The van der Waals surface area contributed by atoms with E-state index in [9.17, 15) is 19.1 Å². The highest BCUT2D eigenvalue weighted by molar-refractivity contribution is 5.92. The average molecular weight is 290 g/mol. The van der Waals surface area contributed by atoms with Gasteiger partial charge >= 0.3 is 11.9 Å². The first-order valence-electron chi connectivity index (χ1n) is 5.87. The molecule has 0 bridgehead atoms. The summed E-state index contributed by atoms with van der Waals surface area (Å²) in [6.45, 7) is 0. The molecule has 5 nitrogen and oxygen atoms in total. The standard InChI is InChI=1S/C15H11FO5/c1-21-15(20)11-3-8(4-12(16)5-11)9-2-10(14(18)19)7-13(17)6-9/h2-7,17H,1H3,(H,18,19). The van der Waals surface area contributed by atoms with Crippen LogP contribution in [-0.4, -0.2) is 29.3 Å². The molecule has 0 atom stereocenters. The number of carbonyl (C=O) groups excluding carboxylic acids is 1. The number of benzene rings is 2. The summed E-state index contributed by atoms with van der Waals surface area (Å²) in [6, 6.07) is 7.13. The lowest BCUT2D eigenvalue weighted by Gasteiger charge is -2.07. The third kappa shape index (κ3) is 3.17. The molecule has 2 rings (SSSR count). The number of carboxylic acid groups (broad SMARTS) is 1. The minimum Gasteiger partial charge on any atom is -0.508 e. The van der Waals surface area contributed by atoms with Gasteiger partial charge in [0.2, 0.25) is 0 Å². The molecule has 21 heavy (non-hydrogen) atoms. The van der Waals surface area contributed by atoms with Crippen molar-refractivity contribution in [1.82, 2.24) is 0 Å². The van der Waals surface area contributed by atoms with E-state index in [0.717, 1.165) is 18.2 Å². The predicted octanol–water partition coefficient (Wildman–Crippen LogP) is 2.68. The topological polar surface area (TPSA) is 83.8 Å². The van der Waals surface area contributed by atoms with Gasteiger partial charge in [0, 0.05) is 0 Å². The highest BCUT2D eigenvalue weighted by Gasteiger charge is 2.13. The summed E-state index contributed by atoms with van der Waals surface area (Å²) in [7, 11) is 1.17. The van der Waals surface area contributed by atoms with Crippen LogP contribution in [0.3, 0.4) is 0 Å². The molecule has 2 aromatic rings. The fourth-order valence-electron chi connectivity index (χ4n) is 1.89. The molecule has 0 unspecified atom stereocenters. The third-order valence-corrected chi connectivity index (χ3v) is 2.82. The number of ether oxygens (including phenoxy) is 1. The fraction of sp³-hybridized carbons (Fsp3) is 0.0667. The lowest BCUT2D eigenvalue weighted by molar-refractivity contribution is 0.0599. The Balaban J connectivity index is 2.58. The number of halogens is 1. The molecule has 0 saturated carbocycles. The molecule has 0 fully saturated rings. The molecular formula is C15H11FO5. The number of phenolic OH excluding ortho intramolecular Hbond substituents is 1. The van der Waals surface area contributed by atoms with Crippen molar-refractivity contribution >= 4 is 11.9 Å². The Bertz CT molecular complexity index is 724.